The molecule has 1 aromatic heterocycles. The number of rotatable bonds is 3. The van der Waals surface area contributed by atoms with Crippen molar-refractivity contribution in [2.24, 2.45) is 0 Å². The first-order valence-corrected chi connectivity index (χ1v) is 12.1. The number of carbonyl (C=O) groups is 1. The first-order valence-electron chi connectivity index (χ1n) is 12.1. The Morgan fingerprint density at radius 3 is 2.47 bits per heavy atom. The van der Waals surface area contributed by atoms with E-state index in [1.165, 1.54) is 27.9 Å². The van der Waals surface area contributed by atoms with Gasteiger partial charge in [0.25, 0.3) is 0 Å². The summed E-state index contributed by atoms with van der Waals surface area (Å²) in [6, 6.07) is 21.7. The molecule has 0 aliphatic carbocycles. The van der Waals surface area contributed by atoms with E-state index < -0.39 is 0 Å². The fourth-order valence-corrected chi connectivity index (χ4v) is 5.25. The van der Waals surface area contributed by atoms with Crippen molar-refractivity contribution in [2.45, 2.75) is 53.4 Å². The Morgan fingerprint density at radius 2 is 1.74 bits per heavy atom. The summed E-state index contributed by atoms with van der Waals surface area (Å²) in [6.07, 6.45) is 0.952. The summed E-state index contributed by atoms with van der Waals surface area (Å²) in [5.74, 6) is 0.977. The standard InChI is InChI=1S/C31H32N2O/c1-19-13-14-27-26(17-19)29(21(3)34)20(2)30(32-27)33-16-15-25-24(11-8-12-28(25)33)22-9-7-10-23(18-22)31(4,5)6/h7-14,17-18H,15-16H2,1-6H3. The van der Waals surface area contributed by atoms with Crippen molar-refractivity contribution in [3.63, 3.8) is 0 Å². The molecule has 1 aliphatic heterocycles. The van der Waals surface area contributed by atoms with Crippen LogP contribution in [0.25, 0.3) is 22.0 Å². The number of anilines is 2. The Balaban J connectivity index is 1.66. The van der Waals surface area contributed by atoms with E-state index in [2.05, 4.69) is 87.2 Å². The number of aromatic nitrogens is 1. The fraction of sp³-hybridized carbons (Fsp3) is 0.290. The number of aryl methyl sites for hydroxylation is 1. The minimum absolute atomic E-state index is 0.0870. The van der Waals surface area contributed by atoms with E-state index in [0.717, 1.165) is 46.4 Å². The predicted octanol–water partition coefficient (Wildman–Crippen LogP) is 7.71. The van der Waals surface area contributed by atoms with Gasteiger partial charge in [-0.25, -0.2) is 4.98 Å². The molecule has 0 bridgehead atoms. The molecule has 0 spiro atoms. The smallest absolute Gasteiger partial charge is 0.160 e. The molecule has 4 aromatic rings. The van der Waals surface area contributed by atoms with Crippen LogP contribution in [0, 0.1) is 13.8 Å². The number of pyridine rings is 1. The summed E-state index contributed by atoms with van der Waals surface area (Å²) >= 11 is 0. The molecule has 3 nitrogen and oxygen atoms in total. The quantitative estimate of drug-likeness (QED) is 0.301. The Kier molecular flexibility index (Phi) is 5.31. The van der Waals surface area contributed by atoms with Gasteiger partial charge in [0.05, 0.1) is 5.52 Å². The van der Waals surface area contributed by atoms with Crippen molar-refractivity contribution >= 4 is 28.2 Å². The van der Waals surface area contributed by atoms with Gasteiger partial charge in [-0.05, 0) is 73.1 Å². The van der Waals surface area contributed by atoms with E-state index in [-0.39, 0.29) is 11.2 Å². The first kappa shape index (κ1) is 22.3. The van der Waals surface area contributed by atoms with Gasteiger partial charge in [0, 0.05) is 28.7 Å². The van der Waals surface area contributed by atoms with Gasteiger partial charge < -0.3 is 4.90 Å². The van der Waals surface area contributed by atoms with Gasteiger partial charge in [0.15, 0.2) is 5.78 Å². The molecule has 0 atom stereocenters. The van der Waals surface area contributed by atoms with Gasteiger partial charge in [-0.2, -0.15) is 0 Å². The highest BCUT2D eigenvalue weighted by atomic mass is 16.1. The van der Waals surface area contributed by atoms with Crippen molar-refractivity contribution in [3.05, 3.63) is 88.5 Å². The summed E-state index contributed by atoms with van der Waals surface area (Å²) in [5, 5.41) is 0.945. The Labute approximate surface area is 202 Å². The van der Waals surface area contributed by atoms with Gasteiger partial charge in [0.1, 0.15) is 5.82 Å². The van der Waals surface area contributed by atoms with Crippen LogP contribution in [0.2, 0.25) is 0 Å². The molecule has 3 heteroatoms. The van der Waals surface area contributed by atoms with Crippen molar-refractivity contribution in [3.8, 4) is 11.1 Å². The van der Waals surface area contributed by atoms with Crippen LogP contribution in [-0.4, -0.2) is 17.3 Å². The van der Waals surface area contributed by atoms with E-state index in [1.54, 1.807) is 6.92 Å². The summed E-state index contributed by atoms with van der Waals surface area (Å²) in [4.78, 5) is 20.1. The van der Waals surface area contributed by atoms with Crippen LogP contribution in [0.15, 0.2) is 60.7 Å². The lowest BCUT2D eigenvalue weighted by molar-refractivity contribution is 0.101. The normalized spacial score (nSPS) is 13.4. The molecule has 172 valence electrons. The van der Waals surface area contributed by atoms with E-state index in [9.17, 15) is 4.79 Å². The molecule has 0 amide bonds. The largest absolute Gasteiger partial charge is 0.326 e. The molecule has 0 radical (unpaired) electrons. The molecule has 1 aliphatic rings. The summed E-state index contributed by atoms with van der Waals surface area (Å²) in [5.41, 5.74) is 10.3. The summed E-state index contributed by atoms with van der Waals surface area (Å²) in [7, 11) is 0. The van der Waals surface area contributed by atoms with Crippen LogP contribution in [0.4, 0.5) is 11.5 Å². The number of hydrogen-bond donors (Lipinski definition) is 0. The number of Topliss-reactive ketones (excluding diaryl/α,β-unsaturated/α-hetero) is 1. The SMILES string of the molecule is CC(=O)c1c(C)c(N2CCc3c(-c4cccc(C(C)(C)C)c4)cccc32)nc2ccc(C)cc12. The zero-order chi connectivity index (χ0) is 24.2. The summed E-state index contributed by atoms with van der Waals surface area (Å²) in [6.45, 7) is 13.4. The molecule has 3 aromatic carbocycles. The Hall–Kier alpha value is -3.46. The van der Waals surface area contributed by atoms with Gasteiger partial charge in [0.2, 0.25) is 0 Å². The maximum Gasteiger partial charge on any atom is 0.160 e. The molecule has 2 heterocycles. The Bertz CT molecular complexity index is 1440. The number of ketones is 1. The van der Waals surface area contributed by atoms with Crippen molar-refractivity contribution < 1.29 is 4.79 Å². The zero-order valence-electron chi connectivity index (χ0n) is 21.0. The average molecular weight is 449 g/mol. The Morgan fingerprint density at radius 1 is 0.971 bits per heavy atom. The molecular formula is C31H32N2O. The van der Waals surface area contributed by atoms with E-state index in [4.69, 9.17) is 4.98 Å². The molecule has 0 saturated heterocycles. The van der Waals surface area contributed by atoms with E-state index >= 15 is 0 Å². The maximum atomic E-state index is 12.7. The predicted molar refractivity (Wildman–Crippen MR) is 143 cm³/mol. The van der Waals surface area contributed by atoms with Crippen LogP contribution in [0.3, 0.4) is 0 Å². The molecule has 0 saturated carbocycles. The number of fused-ring (bicyclic) bond motifs is 2. The summed E-state index contributed by atoms with van der Waals surface area (Å²) < 4.78 is 0. The van der Waals surface area contributed by atoms with E-state index in [0.29, 0.717) is 0 Å². The second-order valence-corrected chi connectivity index (χ2v) is 10.5. The van der Waals surface area contributed by atoms with Crippen molar-refractivity contribution in [1.82, 2.24) is 4.98 Å². The second-order valence-electron chi connectivity index (χ2n) is 10.5. The molecular weight excluding hydrogens is 416 g/mol. The number of benzene rings is 3. The minimum Gasteiger partial charge on any atom is -0.326 e. The van der Waals surface area contributed by atoms with Gasteiger partial charge in [-0.1, -0.05) is 68.8 Å². The highest BCUT2D eigenvalue weighted by Crippen LogP contribution is 2.42. The van der Waals surface area contributed by atoms with Crippen LogP contribution in [0.5, 0.6) is 0 Å². The topological polar surface area (TPSA) is 33.2 Å². The maximum absolute atomic E-state index is 12.7. The lowest BCUT2D eigenvalue weighted by Crippen LogP contribution is -2.18. The second kappa shape index (κ2) is 8.09. The molecule has 5 rings (SSSR count). The van der Waals surface area contributed by atoms with Crippen molar-refractivity contribution in [2.75, 3.05) is 11.4 Å². The van der Waals surface area contributed by atoms with Crippen LogP contribution in [-0.2, 0) is 11.8 Å². The van der Waals surface area contributed by atoms with Gasteiger partial charge in [-0.3, -0.25) is 4.79 Å². The molecule has 0 unspecified atom stereocenters. The molecule has 0 N–H and O–H groups in total. The monoisotopic (exact) mass is 448 g/mol. The third-order valence-electron chi connectivity index (χ3n) is 7.03. The highest BCUT2D eigenvalue weighted by molar-refractivity contribution is 6.09. The van der Waals surface area contributed by atoms with Crippen LogP contribution >= 0.6 is 0 Å². The highest BCUT2D eigenvalue weighted by Gasteiger charge is 2.28. The minimum atomic E-state index is 0.0870. The van der Waals surface area contributed by atoms with E-state index in [1.807, 2.05) is 13.0 Å². The van der Waals surface area contributed by atoms with Crippen LogP contribution in [0.1, 0.15) is 60.3 Å². The first-order chi connectivity index (χ1) is 16.1. The van der Waals surface area contributed by atoms with Gasteiger partial charge in [-0.15, -0.1) is 0 Å². The number of carbonyl (C=O) groups excluding carboxylic acids is 1. The van der Waals surface area contributed by atoms with Crippen LogP contribution < -0.4 is 4.90 Å². The average Bonchev–Trinajstić information content (AvgIpc) is 3.22. The lowest BCUT2D eigenvalue weighted by atomic mass is 9.85. The third kappa shape index (κ3) is 3.69. The fourth-order valence-electron chi connectivity index (χ4n) is 5.25. The number of nitrogens with zero attached hydrogens (tertiary/aromatic N) is 2. The zero-order valence-corrected chi connectivity index (χ0v) is 21.0. The number of hydrogen-bond acceptors (Lipinski definition) is 3. The lowest BCUT2D eigenvalue weighted by Gasteiger charge is -2.23. The molecule has 34 heavy (non-hydrogen) atoms. The third-order valence-corrected chi connectivity index (χ3v) is 7.03. The van der Waals surface area contributed by atoms with Gasteiger partial charge >= 0.3 is 0 Å². The molecule has 0 fully saturated rings. The van der Waals surface area contributed by atoms with Crippen molar-refractivity contribution in [1.29, 1.82) is 0 Å².